The monoisotopic (exact) mass is 179 g/mol. The van der Waals surface area contributed by atoms with Crippen LogP contribution in [0.3, 0.4) is 0 Å². The molecule has 0 amide bonds. The van der Waals surface area contributed by atoms with Crippen LogP contribution in [0.5, 0.6) is 0 Å². The van der Waals surface area contributed by atoms with E-state index in [0.29, 0.717) is 5.54 Å². The van der Waals surface area contributed by atoms with Crippen molar-refractivity contribution in [1.29, 1.82) is 0 Å². The lowest BCUT2D eigenvalue weighted by Gasteiger charge is -2.22. The molecule has 0 saturated carbocycles. The first kappa shape index (κ1) is 13.8. The second-order valence-corrected chi connectivity index (χ2v) is 3.35. The van der Waals surface area contributed by atoms with Gasteiger partial charge < -0.3 is 18.1 Å². The third-order valence-electron chi connectivity index (χ3n) is 2.31. The molecule has 0 saturated heterocycles. The van der Waals surface area contributed by atoms with Crippen molar-refractivity contribution in [2.75, 3.05) is 0 Å². The summed E-state index contributed by atoms with van der Waals surface area (Å²) in [6.07, 6.45) is 6.36. The van der Waals surface area contributed by atoms with Gasteiger partial charge in [0.1, 0.15) is 0 Å². The first-order valence-corrected chi connectivity index (χ1v) is 4.54. The molecule has 0 aliphatic carbocycles. The minimum atomic E-state index is 0. The van der Waals surface area contributed by atoms with Gasteiger partial charge in [0, 0.05) is 12.8 Å². The van der Waals surface area contributed by atoms with Crippen molar-refractivity contribution in [2.45, 2.75) is 58.4 Å². The van der Waals surface area contributed by atoms with Gasteiger partial charge in [0.2, 0.25) is 0 Å². The second kappa shape index (κ2) is 6.93. The highest BCUT2D eigenvalue weighted by molar-refractivity contribution is 4.72. The van der Waals surface area contributed by atoms with Crippen LogP contribution in [0.15, 0.2) is 0 Å². The van der Waals surface area contributed by atoms with Crippen molar-refractivity contribution >= 4 is 0 Å². The van der Waals surface area contributed by atoms with E-state index in [4.69, 9.17) is 0 Å². The highest BCUT2D eigenvalue weighted by Crippen LogP contribution is 2.17. The van der Waals surface area contributed by atoms with Gasteiger partial charge in [0.25, 0.3) is 0 Å². The molecule has 0 aromatic heterocycles. The molecule has 0 unspecified atom stereocenters. The fourth-order valence-corrected chi connectivity index (χ4v) is 1.54. The molecule has 0 fully saturated rings. The molecule has 0 aromatic carbocycles. The van der Waals surface area contributed by atoms with Crippen LogP contribution in [0.1, 0.15) is 52.9 Å². The summed E-state index contributed by atoms with van der Waals surface area (Å²) in [5.74, 6) is 0. The minimum Gasteiger partial charge on any atom is -1.00 e. The number of hydrogen-bond donors (Lipinski definition) is 1. The summed E-state index contributed by atoms with van der Waals surface area (Å²) in [5.41, 5.74) is 4.66. The molecule has 0 radical (unpaired) electrons. The molecule has 0 spiro atoms. The number of rotatable bonds is 5. The van der Waals surface area contributed by atoms with Crippen molar-refractivity contribution in [3.8, 4) is 0 Å². The molecule has 0 aromatic rings. The average molecular weight is 180 g/mol. The van der Waals surface area contributed by atoms with Gasteiger partial charge in [-0.2, -0.15) is 0 Å². The first-order chi connectivity index (χ1) is 4.68. The van der Waals surface area contributed by atoms with Gasteiger partial charge in [-0.1, -0.05) is 33.6 Å². The maximum atomic E-state index is 4.27. The van der Waals surface area contributed by atoms with Gasteiger partial charge >= 0.3 is 0 Å². The summed E-state index contributed by atoms with van der Waals surface area (Å²) in [7, 11) is 0. The average Bonchev–Trinajstić information content (AvgIpc) is 1.89. The molecule has 11 heavy (non-hydrogen) atoms. The van der Waals surface area contributed by atoms with Crippen LogP contribution < -0.4 is 18.1 Å². The van der Waals surface area contributed by atoms with E-state index in [1.807, 2.05) is 0 Å². The molecule has 70 valence electrons. The molecular weight excluding hydrogens is 158 g/mol. The van der Waals surface area contributed by atoms with Crippen LogP contribution in [0.4, 0.5) is 0 Å². The lowest BCUT2D eigenvalue weighted by atomic mass is 9.87. The molecule has 0 bridgehead atoms. The first-order valence-electron chi connectivity index (χ1n) is 4.54. The maximum absolute atomic E-state index is 4.27. The topological polar surface area (TPSA) is 27.6 Å². The zero-order chi connectivity index (χ0) is 8.04. The van der Waals surface area contributed by atoms with Crippen LogP contribution in [-0.4, -0.2) is 5.54 Å². The van der Waals surface area contributed by atoms with E-state index in [1.54, 1.807) is 0 Å². The summed E-state index contributed by atoms with van der Waals surface area (Å²) in [5, 5.41) is 0. The lowest BCUT2D eigenvalue weighted by molar-refractivity contribution is -0.482. The van der Waals surface area contributed by atoms with E-state index in [-0.39, 0.29) is 12.4 Å². The number of quaternary nitrogens is 1. The van der Waals surface area contributed by atoms with E-state index in [1.165, 1.54) is 32.1 Å². The molecular formula is C9H22ClN. The molecule has 3 N–H and O–H groups in total. The Morgan fingerprint density at radius 3 is 1.55 bits per heavy atom. The fourth-order valence-electron chi connectivity index (χ4n) is 1.54. The number of halogens is 1. The van der Waals surface area contributed by atoms with Crippen molar-refractivity contribution in [3.63, 3.8) is 0 Å². The Kier molecular flexibility index (Phi) is 8.70. The normalized spacial score (nSPS) is 10.9. The Labute approximate surface area is 77.2 Å². The Hall–Kier alpha value is 0.250. The molecule has 1 nitrogen and oxygen atoms in total. The molecule has 0 rings (SSSR count). The summed E-state index contributed by atoms with van der Waals surface area (Å²) in [4.78, 5) is 0. The quantitative estimate of drug-likeness (QED) is 0.560. The molecule has 2 heteroatoms. The van der Waals surface area contributed by atoms with Gasteiger partial charge in [-0.05, 0) is 6.42 Å². The van der Waals surface area contributed by atoms with Gasteiger partial charge in [0.05, 0.1) is 5.54 Å². The van der Waals surface area contributed by atoms with Crippen LogP contribution >= 0.6 is 0 Å². The minimum absolute atomic E-state index is 0. The van der Waals surface area contributed by atoms with Crippen molar-refractivity contribution in [3.05, 3.63) is 0 Å². The Bertz CT molecular complexity index is 77.6. The van der Waals surface area contributed by atoms with Gasteiger partial charge in [-0.25, -0.2) is 0 Å². The van der Waals surface area contributed by atoms with Gasteiger partial charge in [-0.3, -0.25) is 0 Å². The molecule has 0 atom stereocenters. The molecule has 0 aliphatic rings. The van der Waals surface area contributed by atoms with Crippen LogP contribution in [0.25, 0.3) is 0 Å². The zero-order valence-electron chi connectivity index (χ0n) is 8.12. The van der Waals surface area contributed by atoms with E-state index in [0.717, 1.165) is 0 Å². The van der Waals surface area contributed by atoms with E-state index in [9.17, 15) is 0 Å². The smallest absolute Gasteiger partial charge is 0.0942 e. The van der Waals surface area contributed by atoms with Crippen molar-refractivity contribution in [2.24, 2.45) is 0 Å². The van der Waals surface area contributed by atoms with Crippen LogP contribution in [-0.2, 0) is 0 Å². The van der Waals surface area contributed by atoms with Crippen LogP contribution in [0.2, 0.25) is 0 Å². The predicted molar refractivity (Wildman–Crippen MR) is 45.7 cm³/mol. The standard InChI is InChI=1S/C9H21N.ClH/c1-4-7-9(10,6-3)8-5-2;/h4-8,10H2,1-3H3;1H. The highest BCUT2D eigenvalue weighted by atomic mass is 35.5. The van der Waals surface area contributed by atoms with E-state index in [2.05, 4.69) is 26.5 Å². The van der Waals surface area contributed by atoms with E-state index < -0.39 is 0 Å². The van der Waals surface area contributed by atoms with Crippen molar-refractivity contribution < 1.29 is 18.1 Å². The molecule has 0 heterocycles. The number of hydrogen-bond acceptors (Lipinski definition) is 0. The second-order valence-electron chi connectivity index (χ2n) is 3.35. The molecule has 0 aliphatic heterocycles. The summed E-state index contributed by atoms with van der Waals surface area (Å²) in [6, 6.07) is 0. The SMILES string of the molecule is CCCC([NH3+])(CC)CCC.[Cl-]. The predicted octanol–water partition coefficient (Wildman–Crippen LogP) is -1.02. The Balaban J connectivity index is 0. The third kappa shape index (κ3) is 5.51. The van der Waals surface area contributed by atoms with E-state index >= 15 is 0 Å². The highest BCUT2D eigenvalue weighted by Gasteiger charge is 2.23. The van der Waals surface area contributed by atoms with Crippen LogP contribution in [0, 0.1) is 0 Å². The fraction of sp³-hybridized carbons (Fsp3) is 1.00. The largest absolute Gasteiger partial charge is 1.00 e. The maximum Gasteiger partial charge on any atom is 0.0942 e. The summed E-state index contributed by atoms with van der Waals surface area (Å²) >= 11 is 0. The zero-order valence-corrected chi connectivity index (χ0v) is 8.88. The van der Waals surface area contributed by atoms with Gasteiger partial charge in [0.15, 0.2) is 0 Å². The summed E-state index contributed by atoms with van der Waals surface area (Å²) < 4.78 is 0. The van der Waals surface area contributed by atoms with Crippen molar-refractivity contribution in [1.82, 2.24) is 0 Å². The lowest BCUT2D eigenvalue weighted by Crippen LogP contribution is -3.00. The third-order valence-corrected chi connectivity index (χ3v) is 2.31. The summed E-state index contributed by atoms with van der Waals surface area (Å²) in [6.45, 7) is 6.73. The Morgan fingerprint density at radius 1 is 1.00 bits per heavy atom. The van der Waals surface area contributed by atoms with Gasteiger partial charge in [-0.15, -0.1) is 0 Å². The Morgan fingerprint density at radius 2 is 1.36 bits per heavy atom.